The van der Waals surface area contributed by atoms with E-state index in [4.69, 9.17) is 22.7 Å². The number of benzene rings is 1. The fourth-order valence-corrected chi connectivity index (χ4v) is 2.55. The van der Waals surface area contributed by atoms with Gasteiger partial charge in [0.2, 0.25) is 0 Å². The fourth-order valence-electron chi connectivity index (χ4n) is 2.41. The third-order valence-corrected chi connectivity index (χ3v) is 3.93. The first-order chi connectivity index (χ1) is 9.60. The van der Waals surface area contributed by atoms with Gasteiger partial charge < -0.3 is 15.6 Å². The quantitative estimate of drug-likeness (QED) is 0.805. The van der Waals surface area contributed by atoms with E-state index in [-0.39, 0.29) is 6.10 Å². The number of ether oxygens (including phenoxy) is 1. The zero-order valence-electron chi connectivity index (χ0n) is 11.8. The van der Waals surface area contributed by atoms with E-state index in [0.717, 1.165) is 37.2 Å². The molecule has 0 spiro atoms. The van der Waals surface area contributed by atoms with Crippen LogP contribution >= 0.6 is 12.2 Å². The lowest BCUT2D eigenvalue weighted by Gasteiger charge is -2.33. The molecule has 1 aliphatic rings. The van der Waals surface area contributed by atoms with Crippen LogP contribution in [-0.4, -0.2) is 47.3 Å². The van der Waals surface area contributed by atoms with Crippen molar-refractivity contribution in [1.29, 1.82) is 0 Å². The van der Waals surface area contributed by atoms with Crippen LogP contribution in [0.5, 0.6) is 0 Å². The van der Waals surface area contributed by atoms with Gasteiger partial charge in [-0.2, -0.15) is 0 Å². The highest BCUT2D eigenvalue weighted by Gasteiger charge is 2.21. The van der Waals surface area contributed by atoms with Crippen LogP contribution in [0.25, 0.3) is 0 Å². The molecule has 1 heterocycles. The third-order valence-electron chi connectivity index (χ3n) is 3.69. The molecule has 0 radical (unpaired) electrons. The molecule has 110 valence electrons. The van der Waals surface area contributed by atoms with Crippen molar-refractivity contribution in [3.05, 3.63) is 35.4 Å². The van der Waals surface area contributed by atoms with E-state index < -0.39 is 6.10 Å². The Morgan fingerprint density at radius 2 is 2.20 bits per heavy atom. The second kappa shape index (κ2) is 7.13. The number of rotatable bonds is 5. The monoisotopic (exact) mass is 294 g/mol. The molecule has 2 unspecified atom stereocenters. The van der Waals surface area contributed by atoms with Crippen LogP contribution in [0, 0.1) is 0 Å². The van der Waals surface area contributed by atoms with Crippen LogP contribution in [-0.2, 0) is 4.74 Å². The number of nitrogens with two attached hydrogens (primary N) is 1. The molecule has 2 rings (SSSR count). The zero-order valence-corrected chi connectivity index (χ0v) is 12.6. The maximum atomic E-state index is 10.3. The van der Waals surface area contributed by atoms with E-state index in [9.17, 15) is 5.11 Å². The largest absolute Gasteiger partial charge is 0.389 e. The molecule has 1 aliphatic heterocycles. The number of hydrogen-bond donors (Lipinski definition) is 2. The summed E-state index contributed by atoms with van der Waals surface area (Å²) in [4.78, 5) is 2.63. The van der Waals surface area contributed by atoms with E-state index in [1.54, 1.807) is 0 Å². The summed E-state index contributed by atoms with van der Waals surface area (Å²) in [6, 6.07) is 7.48. The number of β-amino-alcohol motifs (C(OH)–C–C–N with tert-alkyl or cyclic N) is 1. The van der Waals surface area contributed by atoms with Crippen molar-refractivity contribution in [2.24, 2.45) is 5.73 Å². The van der Waals surface area contributed by atoms with Crippen LogP contribution in [0.3, 0.4) is 0 Å². The van der Waals surface area contributed by atoms with Gasteiger partial charge in [-0.3, -0.25) is 4.90 Å². The Labute approximate surface area is 125 Å². The molecule has 0 amide bonds. The van der Waals surface area contributed by atoms with E-state index >= 15 is 0 Å². The maximum Gasteiger partial charge on any atom is 0.103 e. The van der Waals surface area contributed by atoms with Crippen LogP contribution in [0.4, 0.5) is 0 Å². The molecule has 20 heavy (non-hydrogen) atoms. The highest BCUT2D eigenvalue weighted by Crippen LogP contribution is 2.17. The summed E-state index contributed by atoms with van der Waals surface area (Å²) in [6.45, 7) is 5.26. The molecule has 1 fully saturated rings. The Bertz CT molecular complexity index is 450. The van der Waals surface area contributed by atoms with Crippen molar-refractivity contribution >= 4 is 17.2 Å². The van der Waals surface area contributed by atoms with Crippen molar-refractivity contribution in [2.45, 2.75) is 25.6 Å². The van der Waals surface area contributed by atoms with Gasteiger partial charge in [0.15, 0.2) is 0 Å². The number of morpholine rings is 1. The summed E-state index contributed by atoms with van der Waals surface area (Å²) >= 11 is 4.92. The number of thiocarbonyl (C=S) groups is 1. The zero-order chi connectivity index (χ0) is 14.5. The van der Waals surface area contributed by atoms with Crippen LogP contribution in [0.15, 0.2) is 24.3 Å². The lowest BCUT2D eigenvalue weighted by atomic mass is 10.1. The SMILES string of the molecule is CCC1CN(CC(O)c2ccc(C(N)=S)cc2)CCO1. The summed E-state index contributed by atoms with van der Waals surface area (Å²) < 4.78 is 5.64. The number of nitrogens with zero attached hydrogens (tertiary/aromatic N) is 1. The Morgan fingerprint density at radius 3 is 2.80 bits per heavy atom. The standard InChI is InChI=1S/C15H22N2O2S/c1-2-13-9-17(7-8-19-13)10-14(18)11-3-5-12(6-4-11)15(16)20/h3-6,13-14,18H,2,7-10H2,1H3,(H2,16,20). The fraction of sp³-hybridized carbons (Fsp3) is 0.533. The molecular weight excluding hydrogens is 272 g/mol. The Kier molecular flexibility index (Phi) is 5.48. The summed E-state index contributed by atoms with van der Waals surface area (Å²) in [5.74, 6) is 0. The van der Waals surface area contributed by atoms with Gasteiger partial charge >= 0.3 is 0 Å². The van der Waals surface area contributed by atoms with Gasteiger partial charge in [0.25, 0.3) is 0 Å². The van der Waals surface area contributed by atoms with Gasteiger partial charge in [0.1, 0.15) is 4.99 Å². The summed E-state index contributed by atoms with van der Waals surface area (Å²) in [6.07, 6.45) is 0.800. The molecule has 2 atom stereocenters. The van der Waals surface area contributed by atoms with Crippen molar-refractivity contribution < 1.29 is 9.84 Å². The molecule has 4 nitrogen and oxygen atoms in total. The number of aliphatic hydroxyl groups excluding tert-OH is 1. The second-order valence-corrected chi connectivity index (χ2v) is 5.60. The lowest BCUT2D eigenvalue weighted by molar-refractivity contribution is -0.0418. The minimum atomic E-state index is -0.494. The van der Waals surface area contributed by atoms with E-state index in [1.807, 2.05) is 24.3 Å². The van der Waals surface area contributed by atoms with Crippen LogP contribution in [0.1, 0.15) is 30.6 Å². The predicted octanol–water partition coefficient (Wildman–Crippen LogP) is 1.47. The Balaban J connectivity index is 1.93. The molecule has 0 aliphatic carbocycles. The minimum Gasteiger partial charge on any atom is -0.389 e. The summed E-state index contributed by atoms with van der Waals surface area (Å²) in [7, 11) is 0. The first-order valence-corrected chi connectivity index (χ1v) is 7.42. The molecule has 1 aromatic rings. The van der Waals surface area contributed by atoms with Crippen LogP contribution < -0.4 is 5.73 Å². The van der Waals surface area contributed by atoms with Crippen molar-refractivity contribution in [3.63, 3.8) is 0 Å². The Morgan fingerprint density at radius 1 is 1.50 bits per heavy atom. The number of hydrogen-bond acceptors (Lipinski definition) is 4. The highest BCUT2D eigenvalue weighted by molar-refractivity contribution is 7.80. The number of aliphatic hydroxyl groups is 1. The van der Waals surface area contributed by atoms with Gasteiger partial charge in [-0.1, -0.05) is 43.4 Å². The van der Waals surface area contributed by atoms with Gasteiger partial charge in [0, 0.05) is 25.2 Å². The molecule has 0 aromatic heterocycles. The van der Waals surface area contributed by atoms with E-state index in [0.29, 0.717) is 11.5 Å². The molecule has 0 saturated carbocycles. The molecule has 3 N–H and O–H groups in total. The van der Waals surface area contributed by atoms with Gasteiger partial charge in [-0.25, -0.2) is 0 Å². The first kappa shape index (κ1) is 15.4. The molecule has 5 heteroatoms. The first-order valence-electron chi connectivity index (χ1n) is 7.02. The van der Waals surface area contributed by atoms with E-state index in [2.05, 4.69) is 11.8 Å². The smallest absolute Gasteiger partial charge is 0.103 e. The van der Waals surface area contributed by atoms with Crippen molar-refractivity contribution in [3.8, 4) is 0 Å². The predicted molar refractivity (Wildman–Crippen MR) is 83.8 cm³/mol. The van der Waals surface area contributed by atoms with Crippen LogP contribution in [0.2, 0.25) is 0 Å². The van der Waals surface area contributed by atoms with Gasteiger partial charge in [0.05, 0.1) is 18.8 Å². The topological polar surface area (TPSA) is 58.7 Å². The normalized spacial score (nSPS) is 21.6. The second-order valence-electron chi connectivity index (χ2n) is 5.16. The van der Waals surface area contributed by atoms with E-state index in [1.165, 1.54) is 0 Å². The van der Waals surface area contributed by atoms with Gasteiger partial charge in [-0.15, -0.1) is 0 Å². The molecule has 1 saturated heterocycles. The average Bonchev–Trinajstić information content (AvgIpc) is 2.47. The maximum absolute atomic E-state index is 10.3. The highest BCUT2D eigenvalue weighted by atomic mass is 32.1. The van der Waals surface area contributed by atoms with Gasteiger partial charge in [-0.05, 0) is 12.0 Å². The third kappa shape index (κ3) is 3.99. The molecule has 1 aromatic carbocycles. The minimum absolute atomic E-state index is 0.285. The van der Waals surface area contributed by atoms with Crippen molar-refractivity contribution in [2.75, 3.05) is 26.2 Å². The Hall–Kier alpha value is -1.01. The molecule has 0 bridgehead atoms. The average molecular weight is 294 g/mol. The summed E-state index contributed by atoms with van der Waals surface area (Å²) in [5.41, 5.74) is 7.29. The summed E-state index contributed by atoms with van der Waals surface area (Å²) in [5, 5.41) is 10.3. The molecular formula is C15H22N2O2S. The lowest BCUT2D eigenvalue weighted by Crippen LogP contribution is -2.43. The van der Waals surface area contributed by atoms with Crippen molar-refractivity contribution in [1.82, 2.24) is 4.90 Å².